The lowest BCUT2D eigenvalue weighted by molar-refractivity contribution is 0.0566. The largest absolute Gasteiger partial charge is 0.325 e. The Morgan fingerprint density at radius 1 is 1.09 bits per heavy atom. The summed E-state index contributed by atoms with van der Waals surface area (Å²) in [6.45, 7) is 2.51. The molecule has 2 aromatic carbocycles. The molecule has 0 atom stereocenters. The van der Waals surface area contributed by atoms with E-state index in [-0.39, 0.29) is 5.82 Å². The van der Waals surface area contributed by atoms with E-state index in [4.69, 9.17) is 4.98 Å². The molecular formula is C25H24F3N5. The van der Waals surface area contributed by atoms with Gasteiger partial charge in [0, 0.05) is 23.0 Å². The fourth-order valence-corrected chi connectivity index (χ4v) is 5.24. The van der Waals surface area contributed by atoms with Crippen LogP contribution in [0.4, 0.5) is 24.7 Å². The second-order valence-corrected chi connectivity index (χ2v) is 9.29. The van der Waals surface area contributed by atoms with E-state index in [1.54, 1.807) is 17.4 Å². The van der Waals surface area contributed by atoms with Crippen molar-refractivity contribution in [3.8, 4) is 0 Å². The lowest BCUT2D eigenvalue weighted by Gasteiger charge is -2.32. The topological polar surface area (TPSA) is 46.3 Å². The Kier molecular flexibility index (Phi) is 4.61. The Morgan fingerprint density at radius 3 is 2.70 bits per heavy atom. The number of halogens is 3. The molecule has 0 unspecified atom stereocenters. The quantitative estimate of drug-likeness (QED) is 0.386. The first-order valence-corrected chi connectivity index (χ1v) is 11.4. The number of hydrogen-bond acceptors (Lipinski definition) is 4. The lowest BCUT2D eigenvalue weighted by Crippen LogP contribution is -2.27. The first kappa shape index (κ1) is 20.4. The monoisotopic (exact) mass is 451 g/mol. The van der Waals surface area contributed by atoms with E-state index in [1.807, 2.05) is 18.2 Å². The van der Waals surface area contributed by atoms with Crippen molar-refractivity contribution in [2.24, 2.45) is 5.41 Å². The number of benzene rings is 2. The number of para-hydroxylation sites is 1. The molecule has 6 rings (SSSR count). The van der Waals surface area contributed by atoms with E-state index in [0.29, 0.717) is 54.0 Å². The third-order valence-corrected chi connectivity index (χ3v) is 7.32. The van der Waals surface area contributed by atoms with Crippen LogP contribution in [0.3, 0.4) is 0 Å². The van der Waals surface area contributed by atoms with Crippen molar-refractivity contribution in [3.63, 3.8) is 0 Å². The summed E-state index contributed by atoms with van der Waals surface area (Å²) in [4.78, 5) is 6.90. The molecule has 1 fully saturated rings. The minimum absolute atomic E-state index is 0.350. The van der Waals surface area contributed by atoms with Gasteiger partial charge in [0.05, 0.1) is 5.52 Å². The summed E-state index contributed by atoms with van der Waals surface area (Å²) in [6, 6.07) is 11.1. The van der Waals surface area contributed by atoms with Gasteiger partial charge in [-0.15, -0.1) is 10.2 Å². The van der Waals surface area contributed by atoms with Crippen LogP contribution in [0.25, 0.3) is 16.7 Å². The SMILES string of the molecule is Cc1nnc2nc(N3CCCc4c(CCC5(C(F)F)CC5)cccc43)c3cccc(F)c3n12. The first-order chi connectivity index (χ1) is 16.0. The maximum absolute atomic E-state index is 15.0. The zero-order chi connectivity index (χ0) is 22.7. The van der Waals surface area contributed by atoms with Crippen molar-refractivity contribution < 1.29 is 13.2 Å². The second-order valence-electron chi connectivity index (χ2n) is 9.29. The van der Waals surface area contributed by atoms with E-state index in [9.17, 15) is 13.2 Å². The predicted molar refractivity (Wildman–Crippen MR) is 121 cm³/mol. The molecule has 33 heavy (non-hydrogen) atoms. The van der Waals surface area contributed by atoms with Crippen molar-refractivity contribution in [1.29, 1.82) is 0 Å². The number of rotatable bonds is 5. The zero-order valence-electron chi connectivity index (χ0n) is 18.4. The minimum atomic E-state index is -2.25. The molecule has 0 saturated heterocycles. The van der Waals surface area contributed by atoms with Crippen molar-refractivity contribution in [2.75, 3.05) is 11.4 Å². The Morgan fingerprint density at radius 2 is 1.91 bits per heavy atom. The van der Waals surface area contributed by atoms with Gasteiger partial charge >= 0.3 is 0 Å². The van der Waals surface area contributed by atoms with Gasteiger partial charge < -0.3 is 4.90 Å². The number of aromatic nitrogens is 4. The fourth-order valence-electron chi connectivity index (χ4n) is 5.24. The summed E-state index contributed by atoms with van der Waals surface area (Å²) in [5, 5.41) is 8.95. The van der Waals surface area contributed by atoms with Gasteiger partial charge in [-0.2, -0.15) is 4.98 Å². The van der Waals surface area contributed by atoms with Gasteiger partial charge in [-0.1, -0.05) is 18.2 Å². The summed E-state index contributed by atoms with van der Waals surface area (Å²) in [5.41, 5.74) is 2.94. The van der Waals surface area contributed by atoms with Gasteiger partial charge in [-0.25, -0.2) is 13.2 Å². The maximum atomic E-state index is 15.0. The highest BCUT2D eigenvalue weighted by Crippen LogP contribution is 2.54. The molecular weight excluding hydrogens is 427 g/mol. The smallest absolute Gasteiger partial charge is 0.257 e. The molecule has 2 aliphatic rings. The fraction of sp³-hybridized carbons (Fsp3) is 0.400. The van der Waals surface area contributed by atoms with Crippen LogP contribution in [0.15, 0.2) is 36.4 Å². The first-order valence-electron chi connectivity index (χ1n) is 11.4. The number of hydrogen-bond donors (Lipinski definition) is 0. The summed E-state index contributed by atoms with van der Waals surface area (Å²) in [7, 11) is 0. The summed E-state index contributed by atoms with van der Waals surface area (Å²) in [6.07, 6.45) is 1.93. The maximum Gasteiger partial charge on any atom is 0.257 e. The van der Waals surface area contributed by atoms with E-state index in [2.05, 4.69) is 21.2 Å². The lowest BCUT2D eigenvalue weighted by atomic mass is 9.90. The molecule has 1 saturated carbocycles. The third-order valence-electron chi connectivity index (χ3n) is 7.32. The number of alkyl halides is 2. The van der Waals surface area contributed by atoms with Crippen LogP contribution >= 0.6 is 0 Å². The summed E-state index contributed by atoms with van der Waals surface area (Å²) >= 11 is 0. The summed E-state index contributed by atoms with van der Waals surface area (Å²) < 4.78 is 43.5. The standard InChI is InChI=1S/C25H24F3N5/c1-15-30-31-24-29-22(18-6-3-8-19(26)21(18)33(15)24)32-14-4-7-17-16(5-2-9-20(17)32)10-11-25(12-13-25)23(27)28/h2-3,5-6,8-9,23H,4,7,10-14H2,1H3. The summed E-state index contributed by atoms with van der Waals surface area (Å²) in [5.74, 6) is 1.23. The molecule has 5 nitrogen and oxygen atoms in total. The highest BCUT2D eigenvalue weighted by molar-refractivity contribution is 5.94. The molecule has 0 bridgehead atoms. The van der Waals surface area contributed by atoms with Crippen LogP contribution < -0.4 is 4.90 Å². The van der Waals surface area contributed by atoms with Gasteiger partial charge in [0.1, 0.15) is 17.5 Å². The van der Waals surface area contributed by atoms with Crippen molar-refractivity contribution in [3.05, 3.63) is 59.2 Å². The Hall–Kier alpha value is -3.16. The van der Waals surface area contributed by atoms with Gasteiger partial charge in [0.2, 0.25) is 6.43 Å². The molecule has 8 heteroatoms. The average Bonchev–Trinajstić information content (AvgIpc) is 3.53. The number of nitrogens with zero attached hydrogens (tertiary/aromatic N) is 5. The normalized spacial score (nSPS) is 17.2. The molecule has 170 valence electrons. The van der Waals surface area contributed by atoms with Gasteiger partial charge in [0.15, 0.2) is 0 Å². The number of aryl methyl sites for hydroxylation is 2. The Labute approximate surface area is 189 Å². The molecule has 0 radical (unpaired) electrons. The molecule has 0 amide bonds. The van der Waals surface area contributed by atoms with Gasteiger partial charge in [0.25, 0.3) is 5.78 Å². The van der Waals surface area contributed by atoms with Crippen LogP contribution in [0.1, 0.15) is 42.6 Å². The third kappa shape index (κ3) is 3.18. The van der Waals surface area contributed by atoms with Crippen molar-refractivity contribution in [2.45, 2.75) is 51.9 Å². The van der Waals surface area contributed by atoms with Crippen LogP contribution in [-0.4, -0.2) is 32.6 Å². The molecule has 1 aliphatic heterocycles. The Balaban J connectivity index is 1.46. The van der Waals surface area contributed by atoms with Crippen LogP contribution in [0.2, 0.25) is 0 Å². The van der Waals surface area contributed by atoms with Gasteiger partial charge in [-0.05, 0) is 74.8 Å². The molecule has 0 N–H and O–H groups in total. The Bertz CT molecular complexity index is 1380. The molecule has 1 aliphatic carbocycles. The van der Waals surface area contributed by atoms with Crippen molar-refractivity contribution in [1.82, 2.24) is 19.6 Å². The van der Waals surface area contributed by atoms with E-state index >= 15 is 0 Å². The molecule has 3 heterocycles. The van der Waals surface area contributed by atoms with Crippen LogP contribution in [-0.2, 0) is 12.8 Å². The van der Waals surface area contributed by atoms with Gasteiger partial charge in [-0.3, -0.25) is 4.40 Å². The number of anilines is 2. The van der Waals surface area contributed by atoms with Crippen LogP contribution in [0, 0.1) is 18.2 Å². The molecule has 0 spiro atoms. The number of fused-ring (bicyclic) bond motifs is 4. The highest BCUT2D eigenvalue weighted by Gasteiger charge is 2.50. The van der Waals surface area contributed by atoms with E-state index in [1.165, 1.54) is 11.6 Å². The minimum Gasteiger partial charge on any atom is -0.325 e. The van der Waals surface area contributed by atoms with E-state index < -0.39 is 11.8 Å². The molecule has 2 aromatic heterocycles. The van der Waals surface area contributed by atoms with E-state index in [0.717, 1.165) is 30.6 Å². The average molecular weight is 451 g/mol. The molecule has 4 aromatic rings. The predicted octanol–water partition coefficient (Wildman–Crippen LogP) is 5.79. The van der Waals surface area contributed by atoms with Crippen LogP contribution in [0.5, 0.6) is 0 Å². The second kappa shape index (κ2) is 7.43. The van der Waals surface area contributed by atoms with Crippen molar-refractivity contribution >= 4 is 28.2 Å². The zero-order valence-corrected chi connectivity index (χ0v) is 18.4. The highest BCUT2D eigenvalue weighted by atomic mass is 19.3.